The van der Waals surface area contributed by atoms with Gasteiger partial charge in [0.05, 0.1) is 0 Å². The van der Waals surface area contributed by atoms with Gasteiger partial charge in [-0.1, -0.05) is 79.9 Å². The molecule has 164 valence electrons. The Kier molecular flexibility index (Phi) is 5.73. The molecule has 1 fully saturated rings. The molecule has 1 aromatic carbocycles. The molecule has 0 N–H and O–H groups in total. The lowest BCUT2D eigenvalue weighted by atomic mass is 9.66. The average Bonchev–Trinajstić information content (AvgIpc) is 2.69. The average molecular weight is 409 g/mol. The third kappa shape index (κ3) is 4.51. The van der Waals surface area contributed by atoms with E-state index < -0.39 is 5.89 Å². The van der Waals surface area contributed by atoms with E-state index in [9.17, 15) is 1.37 Å². The Hall–Kier alpha value is -1.63. The normalized spacial score (nSPS) is 17.6. The van der Waals surface area contributed by atoms with Crippen LogP contribution < -0.4 is 4.57 Å². The van der Waals surface area contributed by atoms with Crippen molar-refractivity contribution in [1.82, 2.24) is 0 Å². The molecule has 1 aliphatic carbocycles. The minimum absolute atomic E-state index is 0.105. The van der Waals surface area contributed by atoms with E-state index in [0.29, 0.717) is 12.1 Å². The highest BCUT2D eigenvalue weighted by Gasteiger charge is 2.36. The van der Waals surface area contributed by atoms with Crippen LogP contribution in [0, 0.1) is 12.8 Å². The van der Waals surface area contributed by atoms with Gasteiger partial charge in [-0.25, -0.2) is 4.57 Å². The van der Waals surface area contributed by atoms with Crippen LogP contribution in [-0.2, 0) is 17.9 Å². The second-order valence-electron chi connectivity index (χ2n) is 11.3. The summed E-state index contributed by atoms with van der Waals surface area (Å²) in [5.41, 5.74) is 6.79. The van der Waals surface area contributed by atoms with Crippen LogP contribution in [0.1, 0.15) is 111 Å². The van der Waals surface area contributed by atoms with Crippen LogP contribution >= 0.6 is 0 Å². The van der Waals surface area contributed by atoms with Gasteiger partial charge in [-0.05, 0) is 65.2 Å². The van der Waals surface area contributed by atoms with Gasteiger partial charge in [-0.15, -0.1) is 0 Å². The number of hydrogen-bond donors (Lipinski definition) is 0. The summed E-state index contributed by atoms with van der Waals surface area (Å²) < 4.78 is 20.3. The van der Waals surface area contributed by atoms with E-state index in [1.807, 2.05) is 25.5 Å². The molecule has 1 saturated carbocycles. The van der Waals surface area contributed by atoms with E-state index >= 15 is 0 Å². The fourth-order valence-electron chi connectivity index (χ4n) is 5.18. The van der Waals surface area contributed by atoms with Gasteiger partial charge >= 0.3 is 0 Å². The molecule has 0 spiro atoms. The van der Waals surface area contributed by atoms with Crippen LogP contribution in [0.15, 0.2) is 30.4 Å². The predicted octanol–water partition coefficient (Wildman–Crippen LogP) is 7.77. The fraction of sp³-hybridized carbons (Fsp3) is 0.621. The fourth-order valence-corrected chi connectivity index (χ4v) is 5.18. The molecule has 1 heteroatoms. The van der Waals surface area contributed by atoms with Crippen LogP contribution in [0.3, 0.4) is 0 Å². The highest BCUT2D eigenvalue weighted by molar-refractivity contribution is 5.63. The Labute approximate surface area is 188 Å². The number of pyridine rings is 1. The highest BCUT2D eigenvalue weighted by Crippen LogP contribution is 2.43. The third-order valence-electron chi connectivity index (χ3n) is 7.37. The summed E-state index contributed by atoms with van der Waals surface area (Å²) in [7, 11) is 2.02. The van der Waals surface area contributed by atoms with Crippen molar-refractivity contribution in [3.8, 4) is 11.3 Å². The van der Waals surface area contributed by atoms with E-state index in [1.54, 1.807) is 0 Å². The molecular formula is C29H44N+. The first-order valence-electron chi connectivity index (χ1n) is 12.8. The van der Waals surface area contributed by atoms with Gasteiger partial charge in [0.2, 0.25) is 5.69 Å². The van der Waals surface area contributed by atoms with Crippen molar-refractivity contribution < 1.29 is 7.31 Å². The predicted molar refractivity (Wildman–Crippen MR) is 130 cm³/mol. The van der Waals surface area contributed by atoms with Gasteiger partial charge in [0.15, 0.2) is 6.17 Å². The van der Waals surface area contributed by atoms with Crippen molar-refractivity contribution in [2.45, 2.75) is 104 Å². The molecule has 3 rings (SSSR count). The summed E-state index contributed by atoms with van der Waals surface area (Å²) in [6, 6.07) is 8.92. The van der Waals surface area contributed by atoms with E-state index in [1.165, 1.54) is 43.2 Å². The number of rotatable bonds is 4. The number of nitrogens with zero attached hydrogens (tertiary/aromatic N) is 1. The zero-order valence-electron chi connectivity index (χ0n) is 22.9. The van der Waals surface area contributed by atoms with E-state index in [0.717, 1.165) is 22.4 Å². The van der Waals surface area contributed by atoms with Crippen molar-refractivity contribution >= 4 is 0 Å². The number of hydrogen-bond acceptors (Lipinski definition) is 0. The molecule has 0 amide bonds. The lowest BCUT2D eigenvalue weighted by molar-refractivity contribution is -0.661. The molecule has 0 bridgehead atoms. The van der Waals surface area contributed by atoms with Gasteiger partial charge in [0.1, 0.15) is 8.42 Å². The molecule has 0 unspecified atom stereocenters. The summed E-state index contributed by atoms with van der Waals surface area (Å²) in [4.78, 5) is 0. The molecule has 0 aliphatic heterocycles. The molecule has 1 aromatic heterocycles. The lowest BCUT2D eigenvalue weighted by Crippen LogP contribution is -2.38. The first-order chi connectivity index (χ1) is 14.7. The van der Waals surface area contributed by atoms with Crippen molar-refractivity contribution in [1.29, 1.82) is 0 Å². The van der Waals surface area contributed by atoms with Crippen LogP contribution in [0.2, 0.25) is 0 Å². The zero-order chi connectivity index (χ0) is 24.1. The zero-order valence-corrected chi connectivity index (χ0v) is 20.9. The Morgan fingerprint density at radius 3 is 2.20 bits per heavy atom. The molecule has 1 nitrogen and oxygen atoms in total. The monoisotopic (exact) mass is 408 g/mol. The minimum Gasteiger partial charge on any atom is -0.201 e. The lowest BCUT2D eigenvalue weighted by Gasteiger charge is -2.38. The van der Waals surface area contributed by atoms with Gasteiger partial charge in [-0.2, -0.15) is 0 Å². The second-order valence-corrected chi connectivity index (χ2v) is 11.3. The maximum Gasteiger partial charge on any atom is 0.212 e. The summed E-state index contributed by atoms with van der Waals surface area (Å²) in [5.74, 6) is -0.195. The van der Waals surface area contributed by atoms with Crippen molar-refractivity contribution in [2.75, 3.05) is 0 Å². The van der Waals surface area contributed by atoms with Crippen molar-refractivity contribution in [3.05, 3.63) is 52.7 Å². The van der Waals surface area contributed by atoms with Crippen LogP contribution in [0.25, 0.3) is 11.3 Å². The topological polar surface area (TPSA) is 3.88 Å². The molecule has 0 saturated heterocycles. The standard InChI is InChI=1S/C29H44N/c1-20(2)25-18-27(24-16-15-23(17-21(24)3)28(4,5)6)30(9)19-26(25)29(7,8)22-13-11-10-12-14-22/h15-20,22H,10-14H2,1-9H3/q+1/i19D,20D. The minimum atomic E-state index is -0.765. The molecule has 1 aliphatic rings. The number of benzene rings is 1. The number of aryl methyl sites for hydroxylation is 1. The summed E-state index contributed by atoms with van der Waals surface area (Å²) >= 11 is 0. The van der Waals surface area contributed by atoms with Crippen molar-refractivity contribution in [2.24, 2.45) is 13.0 Å². The molecule has 0 radical (unpaired) electrons. The maximum atomic E-state index is 9.27. The van der Waals surface area contributed by atoms with Gasteiger partial charge in [0, 0.05) is 18.6 Å². The summed E-state index contributed by atoms with van der Waals surface area (Å²) in [6.45, 7) is 17.5. The SMILES string of the molecule is [2H]c1c(C(C)(C)C2CCCCC2)c(C([2H])(C)C)cc(-c2ccc(C(C)(C)C)cc2C)[n+]1C. The quantitative estimate of drug-likeness (QED) is 0.455. The third-order valence-corrected chi connectivity index (χ3v) is 7.37. The van der Waals surface area contributed by atoms with E-state index in [4.69, 9.17) is 1.37 Å². The van der Waals surface area contributed by atoms with Crippen LogP contribution in [-0.4, -0.2) is 0 Å². The van der Waals surface area contributed by atoms with Crippen LogP contribution in [0.4, 0.5) is 0 Å². The molecule has 30 heavy (non-hydrogen) atoms. The Morgan fingerprint density at radius 2 is 1.67 bits per heavy atom. The Morgan fingerprint density at radius 1 is 1.03 bits per heavy atom. The van der Waals surface area contributed by atoms with E-state index in [-0.39, 0.29) is 10.8 Å². The first-order valence-corrected chi connectivity index (χ1v) is 11.8. The van der Waals surface area contributed by atoms with Crippen LogP contribution in [0.5, 0.6) is 0 Å². The van der Waals surface area contributed by atoms with E-state index in [2.05, 4.69) is 65.8 Å². The molecule has 2 aromatic rings. The summed E-state index contributed by atoms with van der Waals surface area (Å²) in [5, 5.41) is 0. The second kappa shape index (κ2) is 8.48. The largest absolute Gasteiger partial charge is 0.212 e. The highest BCUT2D eigenvalue weighted by atomic mass is 14.9. The summed E-state index contributed by atoms with van der Waals surface area (Å²) in [6.07, 6.45) is 6.91. The number of aromatic nitrogens is 1. The van der Waals surface area contributed by atoms with Gasteiger partial charge < -0.3 is 0 Å². The Bertz CT molecular complexity index is 984. The molecular weight excluding hydrogens is 362 g/mol. The smallest absolute Gasteiger partial charge is 0.201 e. The molecule has 0 atom stereocenters. The van der Waals surface area contributed by atoms with Gasteiger partial charge in [-0.3, -0.25) is 0 Å². The van der Waals surface area contributed by atoms with Gasteiger partial charge in [0.25, 0.3) is 0 Å². The molecule has 1 heterocycles. The maximum absolute atomic E-state index is 9.27. The van der Waals surface area contributed by atoms with Crippen molar-refractivity contribution in [3.63, 3.8) is 0 Å². The Balaban J connectivity index is 2.23. The first kappa shape index (κ1) is 20.3.